The van der Waals surface area contributed by atoms with Crippen molar-refractivity contribution in [3.8, 4) is 5.75 Å². The zero-order chi connectivity index (χ0) is 16.1. The van der Waals surface area contributed by atoms with Crippen LogP contribution in [0.3, 0.4) is 0 Å². The number of ether oxygens (including phenoxy) is 1. The van der Waals surface area contributed by atoms with Crippen molar-refractivity contribution >= 4 is 5.91 Å². The van der Waals surface area contributed by atoms with Gasteiger partial charge in [0.25, 0.3) is 5.91 Å². The summed E-state index contributed by atoms with van der Waals surface area (Å²) in [6, 6.07) is 6.33. The molecule has 1 aromatic rings. The number of nitrogens with zero attached hydrogens (tertiary/aromatic N) is 1. The van der Waals surface area contributed by atoms with Crippen LogP contribution in [0.2, 0.25) is 0 Å². The van der Waals surface area contributed by atoms with Gasteiger partial charge in [-0.2, -0.15) is 0 Å². The molecule has 1 N–H and O–H groups in total. The number of likely N-dealkylation sites (tertiary alicyclic amines) is 1. The number of piperidine rings is 1. The number of aryl methyl sites for hydroxylation is 2. The molecule has 0 spiro atoms. The average Bonchev–Trinajstić information content (AvgIpc) is 2.49. The van der Waals surface area contributed by atoms with E-state index in [0.29, 0.717) is 6.42 Å². The second-order valence-electron chi connectivity index (χ2n) is 6.37. The van der Waals surface area contributed by atoms with E-state index in [9.17, 15) is 4.79 Å². The quantitative estimate of drug-likeness (QED) is 0.909. The van der Waals surface area contributed by atoms with Crippen LogP contribution in [0, 0.1) is 13.8 Å². The average molecular weight is 304 g/mol. The smallest absolute Gasteiger partial charge is 0.261 e. The first-order chi connectivity index (χ1) is 10.5. The maximum absolute atomic E-state index is 12.5. The molecule has 122 valence electrons. The number of nitrogens with one attached hydrogen (secondary N) is 1. The maximum atomic E-state index is 12.5. The van der Waals surface area contributed by atoms with Crippen LogP contribution in [-0.2, 0) is 4.79 Å². The first-order valence-corrected chi connectivity index (χ1v) is 8.22. The van der Waals surface area contributed by atoms with Gasteiger partial charge in [-0.15, -0.1) is 0 Å². The molecule has 2 rings (SSSR count). The molecule has 0 aliphatic carbocycles. The molecular weight excluding hydrogens is 276 g/mol. The minimum atomic E-state index is -0.416. The maximum Gasteiger partial charge on any atom is 0.261 e. The SMILES string of the molecule is CC[C@@H](Oc1ccc(C)cc1C)C(=O)NC1CCN(C)CC1. The fraction of sp³-hybridized carbons (Fsp3) is 0.611. The summed E-state index contributed by atoms with van der Waals surface area (Å²) in [6.45, 7) is 8.15. The molecule has 0 aromatic heterocycles. The van der Waals surface area contributed by atoms with Gasteiger partial charge in [0.15, 0.2) is 6.10 Å². The highest BCUT2D eigenvalue weighted by atomic mass is 16.5. The van der Waals surface area contributed by atoms with Gasteiger partial charge < -0.3 is 15.0 Å². The molecule has 1 saturated heterocycles. The van der Waals surface area contributed by atoms with Crippen LogP contribution in [0.15, 0.2) is 18.2 Å². The summed E-state index contributed by atoms with van der Waals surface area (Å²) in [4.78, 5) is 14.8. The minimum Gasteiger partial charge on any atom is -0.480 e. The molecule has 0 bridgehead atoms. The van der Waals surface area contributed by atoms with Gasteiger partial charge in [0.1, 0.15) is 5.75 Å². The number of amides is 1. The molecule has 1 atom stereocenters. The molecule has 22 heavy (non-hydrogen) atoms. The molecule has 1 aromatic carbocycles. The second-order valence-corrected chi connectivity index (χ2v) is 6.37. The van der Waals surface area contributed by atoms with E-state index in [-0.39, 0.29) is 11.9 Å². The van der Waals surface area contributed by atoms with Crippen LogP contribution in [0.4, 0.5) is 0 Å². The first kappa shape index (κ1) is 16.8. The predicted molar refractivity (Wildman–Crippen MR) is 89.3 cm³/mol. The fourth-order valence-corrected chi connectivity index (χ4v) is 2.85. The fourth-order valence-electron chi connectivity index (χ4n) is 2.85. The van der Waals surface area contributed by atoms with E-state index in [1.165, 1.54) is 5.56 Å². The van der Waals surface area contributed by atoms with Gasteiger partial charge in [-0.1, -0.05) is 24.6 Å². The van der Waals surface area contributed by atoms with E-state index in [2.05, 4.69) is 30.3 Å². The minimum absolute atomic E-state index is 0.0111. The molecule has 1 fully saturated rings. The number of carbonyl (C=O) groups is 1. The molecule has 4 heteroatoms. The zero-order valence-corrected chi connectivity index (χ0v) is 14.2. The number of benzene rings is 1. The molecule has 1 heterocycles. The van der Waals surface area contributed by atoms with Gasteiger partial charge in [-0.3, -0.25) is 4.79 Å². The van der Waals surface area contributed by atoms with E-state index in [4.69, 9.17) is 4.74 Å². The summed E-state index contributed by atoms with van der Waals surface area (Å²) in [5.41, 5.74) is 2.28. The Hall–Kier alpha value is -1.55. The predicted octanol–water partition coefficient (Wildman–Crippen LogP) is 2.67. The summed E-state index contributed by atoms with van der Waals surface area (Å²) < 4.78 is 5.95. The Morgan fingerprint density at radius 1 is 1.36 bits per heavy atom. The van der Waals surface area contributed by atoms with E-state index in [0.717, 1.165) is 37.2 Å². The zero-order valence-electron chi connectivity index (χ0n) is 14.2. The summed E-state index contributed by atoms with van der Waals surface area (Å²) in [5.74, 6) is 0.813. The van der Waals surface area contributed by atoms with Crippen molar-refractivity contribution in [3.05, 3.63) is 29.3 Å². The third-order valence-corrected chi connectivity index (χ3v) is 4.33. The van der Waals surface area contributed by atoms with E-state index in [1.807, 2.05) is 26.0 Å². The normalized spacial score (nSPS) is 18.0. The largest absolute Gasteiger partial charge is 0.480 e. The number of hydrogen-bond donors (Lipinski definition) is 1. The van der Waals surface area contributed by atoms with E-state index < -0.39 is 6.10 Å². The summed E-state index contributed by atoms with van der Waals surface area (Å²) >= 11 is 0. The molecule has 4 nitrogen and oxygen atoms in total. The van der Waals surface area contributed by atoms with Gasteiger partial charge in [0.2, 0.25) is 0 Å². The Kier molecular flexibility index (Phi) is 5.83. The lowest BCUT2D eigenvalue weighted by atomic mass is 10.0. The van der Waals surface area contributed by atoms with Crippen LogP contribution < -0.4 is 10.1 Å². The number of rotatable bonds is 5. The van der Waals surface area contributed by atoms with E-state index in [1.54, 1.807) is 0 Å². The molecular formula is C18H28N2O2. The Morgan fingerprint density at radius 3 is 2.64 bits per heavy atom. The number of carbonyl (C=O) groups excluding carboxylic acids is 1. The molecule has 0 unspecified atom stereocenters. The molecule has 0 radical (unpaired) electrons. The Morgan fingerprint density at radius 2 is 2.05 bits per heavy atom. The van der Waals surface area contributed by atoms with E-state index >= 15 is 0 Å². The highest BCUT2D eigenvalue weighted by Gasteiger charge is 2.24. The first-order valence-electron chi connectivity index (χ1n) is 8.22. The highest BCUT2D eigenvalue weighted by molar-refractivity contribution is 5.81. The van der Waals surface area contributed by atoms with Crippen molar-refractivity contribution < 1.29 is 9.53 Å². The molecule has 1 amide bonds. The van der Waals surface area contributed by atoms with Crippen molar-refractivity contribution in [1.29, 1.82) is 0 Å². The Labute approximate surface area is 133 Å². The molecule has 1 aliphatic rings. The van der Waals surface area contributed by atoms with Crippen molar-refractivity contribution in [2.75, 3.05) is 20.1 Å². The van der Waals surface area contributed by atoms with Crippen LogP contribution in [0.25, 0.3) is 0 Å². The summed E-state index contributed by atoms with van der Waals surface area (Å²) in [7, 11) is 2.12. The van der Waals surface area contributed by atoms with Crippen molar-refractivity contribution in [2.45, 2.75) is 52.2 Å². The standard InChI is InChI=1S/C18H28N2O2/c1-5-16(22-17-7-6-13(2)12-14(17)3)18(21)19-15-8-10-20(4)11-9-15/h6-7,12,15-16H,5,8-11H2,1-4H3,(H,19,21)/t16-/m1/s1. The lowest BCUT2D eigenvalue weighted by Gasteiger charge is -2.30. The third-order valence-electron chi connectivity index (χ3n) is 4.33. The summed E-state index contributed by atoms with van der Waals surface area (Å²) in [5, 5.41) is 3.15. The highest BCUT2D eigenvalue weighted by Crippen LogP contribution is 2.21. The van der Waals surface area contributed by atoms with Gasteiger partial charge >= 0.3 is 0 Å². The molecule has 1 aliphatic heterocycles. The monoisotopic (exact) mass is 304 g/mol. The Bertz CT molecular complexity index is 508. The lowest BCUT2D eigenvalue weighted by molar-refractivity contribution is -0.129. The molecule has 0 saturated carbocycles. The number of hydrogen-bond acceptors (Lipinski definition) is 3. The Balaban J connectivity index is 1.94. The van der Waals surface area contributed by atoms with Crippen LogP contribution in [-0.4, -0.2) is 43.1 Å². The third kappa shape index (κ3) is 4.47. The lowest BCUT2D eigenvalue weighted by Crippen LogP contribution is -2.47. The topological polar surface area (TPSA) is 41.6 Å². The van der Waals surface area contributed by atoms with Gasteiger partial charge in [-0.05, 0) is 64.9 Å². The van der Waals surface area contributed by atoms with Gasteiger partial charge in [0, 0.05) is 6.04 Å². The second kappa shape index (κ2) is 7.63. The summed E-state index contributed by atoms with van der Waals surface area (Å²) in [6.07, 6.45) is 2.29. The van der Waals surface area contributed by atoms with Crippen LogP contribution in [0.1, 0.15) is 37.3 Å². The van der Waals surface area contributed by atoms with Crippen molar-refractivity contribution in [1.82, 2.24) is 10.2 Å². The van der Waals surface area contributed by atoms with Crippen LogP contribution in [0.5, 0.6) is 5.75 Å². The van der Waals surface area contributed by atoms with Crippen LogP contribution >= 0.6 is 0 Å². The van der Waals surface area contributed by atoms with Crippen molar-refractivity contribution in [2.24, 2.45) is 0 Å². The van der Waals surface area contributed by atoms with Gasteiger partial charge in [-0.25, -0.2) is 0 Å². The van der Waals surface area contributed by atoms with Crippen molar-refractivity contribution in [3.63, 3.8) is 0 Å². The van der Waals surface area contributed by atoms with Gasteiger partial charge in [0.05, 0.1) is 0 Å².